The summed E-state index contributed by atoms with van der Waals surface area (Å²) in [4.78, 5) is 0. The van der Waals surface area contributed by atoms with Gasteiger partial charge in [-0.1, -0.05) is 34.1 Å². The van der Waals surface area contributed by atoms with E-state index in [0.29, 0.717) is 0 Å². The lowest BCUT2D eigenvalue weighted by molar-refractivity contribution is 0.259. The van der Waals surface area contributed by atoms with E-state index in [2.05, 4.69) is 15.9 Å². The van der Waals surface area contributed by atoms with Crippen molar-refractivity contribution in [3.63, 3.8) is 0 Å². The summed E-state index contributed by atoms with van der Waals surface area (Å²) in [5, 5.41) is 0. The molecule has 1 atom stereocenters. The van der Waals surface area contributed by atoms with Crippen LogP contribution in [0.15, 0.2) is 28.7 Å². The van der Waals surface area contributed by atoms with Gasteiger partial charge in [0.15, 0.2) is 0 Å². The molecule has 12 heavy (non-hydrogen) atoms. The predicted molar refractivity (Wildman–Crippen MR) is 48.7 cm³/mol. The molecule has 1 aromatic rings. The minimum Gasteiger partial charge on any atom is -0.248 e. The third-order valence-corrected chi connectivity index (χ3v) is 2.34. The fraction of sp³-hybridized carbons (Fsp3) is 0.333. The van der Waals surface area contributed by atoms with E-state index >= 15 is 0 Å². The summed E-state index contributed by atoms with van der Waals surface area (Å²) in [6, 6.07) is 7.26. The Morgan fingerprint density at radius 3 is 2.58 bits per heavy atom. The van der Waals surface area contributed by atoms with Crippen molar-refractivity contribution in [1.29, 1.82) is 0 Å². The van der Waals surface area contributed by atoms with E-state index in [0.717, 1.165) is 10.0 Å². The molecule has 3 heteroatoms. The van der Waals surface area contributed by atoms with Crippen LogP contribution in [0, 0.1) is 0 Å². The van der Waals surface area contributed by atoms with Crippen molar-refractivity contribution < 1.29 is 8.78 Å². The fourth-order valence-electron chi connectivity index (χ4n) is 0.957. The van der Waals surface area contributed by atoms with Crippen molar-refractivity contribution in [2.75, 3.05) is 6.67 Å². The highest BCUT2D eigenvalue weighted by Crippen LogP contribution is 2.18. The summed E-state index contributed by atoms with van der Waals surface area (Å²) in [6.45, 7) is -0.915. The van der Waals surface area contributed by atoms with Gasteiger partial charge in [-0.3, -0.25) is 0 Å². The standard InChI is InChI=1S/C9H9BrF2/c10-9-4-2-1-3-7(9)5-8(12)6-11/h1-4,8H,5-6H2. The van der Waals surface area contributed by atoms with Crippen LogP contribution in [-0.2, 0) is 6.42 Å². The average Bonchev–Trinajstić information content (AvgIpc) is 2.09. The quantitative estimate of drug-likeness (QED) is 0.753. The first kappa shape index (κ1) is 9.65. The van der Waals surface area contributed by atoms with Crippen LogP contribution in [-0.4, -0.2) is 12.8 Å². The smallest absolute Gasteiger partial charge is 0.132 e. The lowest BCUT2D eigenvalue weighted by atomic mass is 10.1. The lowest BCUT2D eigenvalue weighted by Gasteiger charge is -2.05. The second-order valence-electron chi connectivity index (χ2n) is 2.55. The Balaban J connectivity index is 2.69. The van der Waals surface area contributed by atoms with Crippen molar-refractivity contribution in [3.05, 3.63) is 34.3 Å². The van der Waals surface area contributed by atoms with E-state index < -0.39 is 12.8 Å². The lowest BCUT2D eigenvalue weighted by Crippen LogP contribution is -2.06. The summed E-state index contributed by atoms with van der Waals surface area (Å²) in [5.41, 5.74) is 0.808. The summed E-state index contributed by atoms with van der Waals surface area (Å²) < 4.78 is 25.2. The van der Waals surface area contributed by atoms with Crippen molar-refractivity contribution in [3.8, 4) is 0 Å². The first-order chi connectivity index (χ1) is 5.74. The third kappa shape index (κ3) is 2.55. The molecule has 0 fully saturated rings. The zero-order chi connectivity index (χ0) is 8.97. The molecule has 1 rings (SSSR count). The van der Waals surface area contributed by atoms with Crippen LogP contribution in [0.1, 0.15) is 5.56 Å². The number of alkyl halides is 2. The molecule has 0 aliphatic carbocycles. The SMILES string of the molecule is FCC(F)Cc1ccccc1Br. The minimum atomic E-state index is -1.39. The molecule has 0 spiro atoms. The zero-order valence-corrected chi connectivity index (χ0v) is 8.02. The van der Waals surface area contributed by atoms with Crippen LogP contribution in [0.25, 0.3) is 0 Å². The normalized spacial score (nSPS) is 12.9. The number of benzene rings is 1. The van der Waals surface area contributed by atoms with Crippen LogP contribution in [0.4, 0.5) is 8.78 Å². The van der Waals surface area contributed by atoms with Crippen LogP contribution in [0.3, 0.4) is 0 Å². The van der Waals surface area contributed by atoms with Crippen molar-refractivity contribution in [1.82, 2.24) is 0 Å². The highest BCUT2D eigenvalue weighted by Gasteiger charge is 2.08. The number of halogens is 3. The van der Waals surface area contributed by atoms with Gasteiger partial charge in [0, 0.05) is 10.9 Å². The number of hydrogen-bond acceptors (Lipinski definition) is 0. The second-order valence-corrected chi connectivity index (χ2v) is 3.40. The summed E-state index contributed by atoms with van der Waals surface area (Å²) in [7, 11) is 0. The molecule has 0 aliphatic rings. The van der Waals surface area contributed by atoms with Gasteiger partial charge in [0.05, 0.1) is 0 Å². The van der Waals surface area contributed by atoms with Gasteiger partial charge >= 0.3 is 0 Å². The molecule has 0 bridgehead atoms. The highest BCUT2D eigenvalue weighted by molar-refractivity contribution is 9.10. The maximum absolute atomic E-state index is 12.6. The molecule has 0 nitrogen and oxygen atoms in total. The zero-order valence-electron chi connectivity index (χ0n) is 6.43. The Hall–Kier alpha value is -0.440. The molecule has 0 radical (unpaired) electrons. The van der Waals surface area contributed by atoms with Gasteiger partial charge in [0.2, 0.25) is 0 Å². The molecule has 0 saturated carbocycles. The fourth-order valence-corrected chi connectivity index (χ4v) is 1.40. The topological polar surface area (TPSA) is 0 Å². The molecule has 0 N–H and O–H groups in total. The minimum absolute atomic E-state index is 0.137. The first-order valence-electron chi connectivity index (χ1n) is 3.67. The van der Waals surface area contributed by atoms with E-state index in [4.69, 9.17) is 0 Å². The second kappa shape index (κ2) is 4.55. The van der Waals surface area contributed by atoms with Gasteiger partial charge in [-0.15, -0.1) is 0 Å². The van der Waals surface area contributed by atoms with Crippen LogP contribution < -0.4 is 0 Å². The van der Waals surface area contributed by atoms with Gasteiger partial charge in [-0.05, 0) is 11.6 Å². The summed E-state index contributed by atoms with van der Waals surface area (Å²) in [5.74, 6) is 0. The van der Waals surface area contributed by atoms with Gasteiger partial charge in [0.1, 0.15) is 12.8 Å². The van der Waals surface area contributed by atoms with Crippen molar-refractivity contribution >= 4 is 15.9 Å². The first-order valence-corrected chi connectivity index (χ1v) is 4.46. The van der Waals surface area contributed by atoms with Gasteiger partial charge in [-0.25, -0.2) is 8.78 Å². The molecule has 1 aromatic carbocycles. The van der Waals surface area contributed by atoms with E-state index in [9.17, 15) is 8.78 Å². The van der Waals surface area contributed by atoms with Crippen LogP contribution in [0.2, 0.25) is 0 Å². The maximum atomic E-state index is 12.6. The van der Waals surface area contributed by atoms with Gasteiger partial charge < -0.3 is 0 Å². The van der Waals surface area contributed by atoms with Gasteiger partial charge in [-0.2, -0.15) is 0 Å². The van der Waals surface area contributed by atoms with Crippen LogP contribution >= 0.6 is 15.9 Å². The molecule has 0 saturated heterocycles. The van der Waals surface area contributed by atoms with E-state index in [-0.39, 0.29) is 6.42 Å². The number of rotatable bonds is 3. The summed E-state index contributed by atoms with van der Waals surface area (Å²) >= 11 is 3.26. The van der Waals surface area contributed by atoms with Crippen LogP contribution in [0.5, 0.6) is 0 Å². The molecule has 0 aliphatic heterocycles. The Morgan fingerprint density at radius 2 is 2.00 bits per heavy atom. The Labute approximate surface area is 78.7 Å². The van der Waals surface area contributed by atoms with Crippen molar-refractivity contribution in [2.24, 2.45) is 0 Å². The molecule has 0 aromatic heterocycles. The van der Waals surface area contributed by atoms with Crippen molar-refractivity contribution in [2.45, 2.75) is 12.6 Å². The average molecular weight is 235 g/mol. The largest absolute Gasteiger partial charge is 0.248 e. The molecule has 66 valence electrons. The number of hydrogen-bond donors (Lipinski definition) is 0. The van der Waals surface area contributed by atoms with E-state index in [1.165, 1.54) is 0 Å². The maximum Gasteiger partial charge on any atom is 0.132 e. The molecule has 1 unspecified atom stereocenters. The van der Waals surface area contributed by atoms with Gasteiger partial charge in [0.25, 0.3) is 0 Å². The highest BCUT2D eigenvalue weighted by atomic mass is 79.9. The molecular weight excluding hydrogens is 226 g/mol. The van der Waals surface area contributed by atoms with E-state index in [1.807, 2.05) is 18.2 Å². The third-order valence-electron chi connectivity index (χ3n) is 1.57. The Bertz CT molecular complexity index is 250. The molecule has 0 amide bonds. The summed E-state index contributed by atoms with van der Waals surface area (Å²) in [6.07, 6.45) is -1.25. The monoisotopic (exact) mass is 234 g/mol. The molecular formula is C9H9BrF2. The molecule has 0 heterocycles. The Kier molecular flexibility index (Phi) is 3.66. The predicted octanol–water partition coefficient (Wildman–Crippen LogP) is 3.30. The Morgan fingerprint density at radius 1 is 1.33 bits per heavy atom. The van der Waals surface area contributed by atoms with E-state index in [1.54, 1.807) is 6.07 Å².